The molecular formula is C7H11N3O2. The number of nitrogens with zero attached hydrogens (tertiary/aromatic N) is 1. The summed E-state index contributed by atoms with van der Waals surface area (Å²) >= 11 is 0. The minimum absolute atomic E-state index is 0.0744. The number of imide groups is 1. The zero-order valence-electron chi connectivity index (χ0n) is 6.62. The van der Waals surface area contributed by atoms with Crippen LogP contribution in [0.3, 0.4) is 0 Å². The summed E-state index contributed by atoms with van der Waals surface area (Å²) in [6, 6.07) is -0.0333. The van der Waals surface area contributed by atoms with E-state index < -0.39 is 0 Å². The van der Waals surface area contributed by atoms with Crippen molar-refractivity contribution in [3.8, 4) is 0 Å². The molecule has 0 saturated carbocycles. The molecule has 2 rings (SSSR count). The second kappa shape index (κ2) is 2.53. The number of fused-ring (bicyclic) bond motifs is 1. The topological polar surface area (TPSA) is 75.4 Å². The van der Waals surface area contributed by atoms with Gasteiger partial charge in [-0.15, -0.1) is 0 Å². The Morgan fingerprint density at radius 1 is 1.75 bits per heavy atom. The van der Waals surface area contributed by atoms with Crippen LogP contribution in [0.4, 0.5) is 0 Å². The molecule has 2 amide bonds. The van der Waals surface area contributed by atoms with Gasteiger partial charge in [0, 0.05) is 0 Å². The molecule has 2 heterocycles. The van der Waals surface area contributed by atoms with Crippen LogP contribution in [0, 0.1) is 0 Å². The fraction of sp³-hybridized carbons (Fsp3) is 0.714. The largest absolute Gasteiger partial charge is 0.322 e. The first-order chi connectivity index (χ1) is 5.75. The van der Waals surface area contributed by atoms with Crippen LogP contribution >= 0.6 is 0 Å². The Labute approximate surface area is 69.9 Å². The summed E-state index contributed by atoms with van der Waals surface area (Å²) in [6.07, 6.45) is 0.863. The van der Waals surface area contributed by atoms with Crippen LogP contribution in [-0.4, -0.2) is 41.9 Å². The van der Waals surface area contributed by atoms with E-state index in [1.54, 1.807) is 0 Å². The van der Waals surface area contributed by atoms with E-state index in [1.165, 1.54) is 4.90 Å². The second-order valence-electron chi connectivity index (χ2n) is 3.09. The maximum Gasteiger partial charge on any atom is 0.248 e. The lowest BCUT2D eigenvalue weighted by molar-refractivity contribution is -0.159. The molecule has 0 aromatic heterocycles. The lowest BCUT2D eigenvalue weighted by Crippen LogP contribution is -2.68. The Hall–Kier alpha value is -0.940. The average Bonchev–Trinajstić information content (AvgIpc) is 2.48. The average molecular weight is 169 g/mol. The highest BCUT2D eigenvalue weighted by molar-refractivity contribution is 6.04. The molecule has 0 radical (unpaired) electrons. The monoisotopic (exact) mass is 169 g/mol. The zero-order chi connectivity index (χ0) is 8.72. The fourth-order valence-corrected chi connectivity index (χ4v) is 1.86. The summed E-state index contributed by atoms with van der Waals surface area (Å²) in [5, 5.41) is 3.03. The molecule has 2 saturated heterocycles. The highest BCUT2D eigenvalue weighted by Gasteiger charge is 2.52. The van der Waals surface area contributed by atoms with Crippen molar-refractivity contribution in [2.45, 2.75) is 18.5 Å². The molecule has 0 aliphatic carbocycles. The predicted molar refractivity (Wildman–Crippen MR) is 41.1 cm³/mol. The first-order valence-electron chi connectivity index (χ1n) is 4.05. The Balaban J connectivity index is 2.09. The van der Waals surface area contributed by atoms with Gasteiger partial charge < -0.3 is 11.1 Å². The van der Waals surface area contributed by atoms with Gasteiger partial charge in [0.25, 0.3) is 0 Å². The van der Waals surface area contributed by atoms with Gasteiger partial charge in [0.05, 0.1) is 12.6 Å². The number of carbonyl (C=O) groups excluding carboxylic acids is 2. The van der Waals surface area contributed by atoms with Gasteiger partial charge >= 0.3 is 0 Å². The third-order valence-corrected chi connectivity index (χ3v) is 2.47. The number of amides is 2. The molecule has 66 valence electrons. The van der Waals surface area contributed by atoms with Gasteiger partial charge in [-0.1, -0.05) is 0 Å². The van der Waals surface area contributed by atoms with Gasteiger partial charge in [0.15, 0.2) is 0 Å². The van der Waals surface area contributed by atoms with Crippen molar-refractivity contribution in [3.63, 3.8) is 0 Å². The van der Waals surface area contributed by atoms with E-state index in [0.717, 1.165) is 13.0 Å². The molecule has 2 atom stereocenters. The maximum atomic E-state index is 11.2. The van der Waals surface area contributed by atoms with E-state index in [1.807, 2.05) is 0 Å². The second-order valence-corrected chi connectivity index (χ2v) is 3.09. The normalized spacial score (nSPS) is 33.1. The highest BCUT2D eigenvalue weighted by atomic mass is 16.2. The van der Waals surface area contributed by atoms with Crippen LogP contribution < -0.4 is 11.1 Å². The molecule has 5 heteroatoms. The summed E-state index contributed by atoms with van der Waals surface area (Å²) in [5.41, 5.74) is 5.16. The number of hydrogen-bond acceptors (Lipinski definition) is 4. The molecule has 2 fully saturated rings. The summed E-state index contributed by atoms with van der Waals surface area (Å²) in [4.78, 5) is 23.6. The SMILES string of the molecule is NCC(=O)N1C(=O)C2NCCC21. The third-order valence-electron chi connectivity index (χ3n) is 2.47. The van der Waals surface area contributed by atoms with Crippen LogP contribution in [0.5, 0.6) is 0 Å². The molecule has 2 unspecified atom stereocenters. The molecule has 12 heavy (non-hydrogen) atoms. The van der Waals surface area contributed by atoms with E-state index in [4.69, 9.17) is 5.73 Å². The van der Waals surface area contributed by atoms with E-state index in [2.05, 4.69) is 5.32 Å². The molecule has 0 aromatic rings. The van der Waals surface area contributed by atoms with Crippen molar-refractivity contribution >= 4 is 11.8 Å². The summed E-state index contributed by atoms with van der Waals surface area (Å²) in [7, 11) is 0. The van der Waals surface area contributed by atoms with Crippen molar-refractivity contribution in [1.29, 1.82) is 0 Å². The van der Waals surface area contributed by atoms with Gasteiger partial charge in [0.2, 0.25) is 11.8 Å². The number of likely N-dealkylation sites (tertiary alicyclic amines) is 1. The predicted octanol–water partition coefficient (Wildman–Crippen LogP) is -1.96. The van der Waals surface area contributed by atoms with Crippen LogP contribution in [0.25, 0.3) is 0 Å². The van der Waals surface area contributed by atoms with Crippen molar-refractivity contribution < 1.29 is 9.59 Å². The number of β-lactam (4-membered cyclic amide) rings is 1. The van der Waals surface area contributed by atoms with Crippen LogP contribution in [0.2, 0.25) is 0 Å². The molecule has 5 nitrogen and oxygen atoms in total. The molecule has 3 N–H and O–H groups in total. The van der Waals surface area contributed by atoms with Gasteiger partial charge in [-0.2, -0.15) is 0 Å². The van der Waals surface area contributed by atoms with Gasteiger partial charge in [-0.3, -0.25) is 14.5 Å². The molecule has 2 aliphatic heterocycles. The first kappa shape index (κ1) is 7.70. The lowest BCUT2D eigenvalue weighted by atomic mass is 9.96. The Bertz CT molecular complexity index is 241. The standard InChI is InChI=1S/C7H11N3O2/c8-3-5(11)10-4-1-2-9-6(4)7(10)12/h4,6,9H,1-3,8H2. The molecular weight excluding hydrogens is 158 g/mol. The number of nitrogens with one attached hydrogen (secondary N) is 1. The van der Waals surface area contributed by atoms with E-state index >= 15 is 0 Å². The van der Waals surface area contributed by atoms with E-state index in [0.29, 0.717) is 0 Å². The first-order valence-corrected chi connectivity index (χ1v) is 4.05. The van der Waals surface area contributed by atoms with Crippen molar-refractivity contribution in [3.05, 3.63) is 0 Å². The maximum absolute atomic E-state index is 11.2. The van der Waals surface area contributed by atoms with Crippen LogP contribution in [-0.2, 0) is 9.59 Å². The fourth-order valence-electron chi connectivity index (χ4n) is 1.86. The van der Waals surface area contributed by atoms with Crippen molar-refractivity contribution in [2.24, 2.45) is 5.73 Å². The molecule has 0 spiro atoms. The number of rotatable bonds is 1. The minimum Gasteiger partial charge on any atom is -0.322 e. The number of hydrogen-bond donors (Lipinski definition) is 2. The molecule has 0 bridgehead atoms. The number of carbonyl (C=O) groups is 2. The van der Waals surface area contributed by atoms with Gasteiger partial charge in [-0.25, -0.2) is 0 Å². The van der Waals surface area contributed by atoms with Crippen molar-refractivity contribution in [2.75, 3.05) is 13.1 Å². The summed E-state index contributed by atoms with van der Waals surface area (Å²) in [6.45, 7) is 0.740. The third kappa shape index (κ3) is 0.804. The Morgan fingerprint density at radius 2 is 2.50 bits per heavy atom. The van der Waals surface area contributed by atoms with Gasteiger partial charge in [0.1, 0.15) is 6.04 Å². The van der Waals surface area contributed by atoms with Crippen LogP contribution in [0.15, 0.2) is 0 Å². The van der Waals surface area contributed by atoms with Crippen molar-refractivity contribution in [1.82, 2.24) is 10.2 Å². The Morgan fingerprint density at radius 3 is 3.17 bits per heavy atom. The quantitative estimate of drug-likeness (QED) is 0.447. The Kier molecular flexibility index (Phi) is 1.62. The van der Waals surface area contributed by atoms with E-state index in [9.17, 15) is 9.59 Å². The van der Waals surface area contributed by atoms with Crippen LogP contribution in [0.1, 0.15) is 6.42 Å². The molecule has 0 aromatic carbocycles. The summed E-state index contributed by atoms with van der Waals surface area (Å²) < 4.78 is 0. The van der Waals surface area contributed by atoms with E-state index in [-0.39, 0.29) is 30.4 Å². The smallest absolute Gasteiger partial charge is 0.248 e. The lowest BCUT2D eigenvalue weighted by Gasteiger charge is -2.41. The summed E-state index contributed by atoms with van der Waals surface area (Å²) in [5.74, 6) is -0.377. The zero-order valence-corrected chi connectivity index (χ0v) is 6.62. The minimum atomic E-state index is -0.259. The number of nitrogens with two attached hydrogens (primary N) is 1. The molecule has 2 aliphatic rings. The highest BCUT2D eigenvalue weighted by Crippen LogP contribution is 2.26. The van der Waals surface area contributed by atoms with Gasteiger partial charge in [-0.05, 0) is 13.0 Å².